The van der Waals surface area contributed by atoms with Gasteiger partial charge in [-0.2, -0.15) is 5.10 Å². The number of hydrogen-bond acceptors (Lipinski definition) is 4. The van der Waals surface area contributed by atoms with Crippen molar-refractivity contribution in [1.29, 1.82) is 0 Å². The van der Waals surface area contributed by atoms with E-state index in [1.54, 1.807) is 36.4 Å². The third-order valence-corrected chi connectivity index (χ3v) is 3.73. The molecule has 2 aromatic carbocycles. The topological polar surface area (TPSA) is 96.1 Å². The van der Waals surface area contributed by atoms with Crippen molar-refractivity contribution in [1.82, 2.24) is 10.2 Å². The number of methoxy groups -OCH3 is 1. The fourth-order valence-electron chi connectivity index (χ4n) is 2.47. The second-order valence-corrected chi connectivity index (χ2v) is 5.72. The molecule has 1 aromatic heterocycles. The number of carbonyl (C=O) groups is 2. The number of hydrogen-bond donors (Lipinski definition) is 3. The molecule has 3 rings (SSSR count). The zero-order valence-corrected chi connectivity index (χ0v) is 14.7. The lowest BCUT2D eigenvalue weighted by atomic mass is 10.1. The summed E-state index contributed by atoms with van der Waals surface area (Å²) in [7, 11) is 1.47. The molecule has 0 atom stereocenters. The number of rotatable bonds is 5. The zero-order chi connectivity index (χ0) is 19.4. The Hall–Kier alpha value is -3.68. The molecular formula is C19H17FN4O3. The summed E-state index contributed by atoms with van der Waals surface area (Å²) in [5.74, 6) is -0.551. The van der Waals surface area contributed by atoms with Crippen molar-refractivity contribution in [3.8, 4) is 17.0 Å². The Morgan fingerprint density at radius 3 is 2.48 bits per heavy atom. The van der Waals surface area contributed by atoms with Gasteiger partial charge in [-0.25, -0.2) is 4.39 Å². The maximum Gasteiger partial charge on any atom is 0.273 e. The Bertz CT molecular complexity index is 983. The summed E-state index contributed by atoms with van der Waals surface area (Å²) in [4.78, 5) is 23.6. The number of aromatic amines is 1. The van der Waals surface area contributed by atoms with Crippen LogP contribution in [0.2, 0.25) is 0 Å². The van der Waals surface area contributed by atoms with Gasteiger partial charge in [-0.05, 0) is 42.5 Å². The molecule has 0 saturated carbocycles. The van der Waals surface area contributed by atoms with Crippen molar-refractivity contribution in [3.05, 3.63) is 60.0 Å². The van der Waals surface area contributed by atoms with Crippen LogP contribution in [0.5, 0.6) is 5.75 Å². The second-order valence-electron chi connectivity index (χ2n) is 5.72. The minimum atomic E-state index is -0.398. The largest absolute Gasteiger partial charge is 0.494 e. The minimum absolute atomic E-state index is 0.226. The van der Waals surface area contributed by atoms with Gasteiger partial charge >= 0.3 is 0 Å². The number of amides is 2. The van der Waals surface area contributed by atoms with E-state index in [0.717, 1.165) is 0 Å². The van der Waals surface area contributed by atoms with E-state index in [1.165, 1.54) is 26.2 Å². The summed E-state index contributed by atoms with van der Waals surface area (Å²) in [6.07, 6.45) is 0. The molecule has 2 amide bonds. The van der Waals surface area contributed by atoms with Gasteiger partial charge in [0.2, 0.25) is 5.91 Å². The molecule has 0 unspecified atom stereocenters. The quantitative estimate of drug-likeness (QED) is 0.643. The highest BCUT2D eigenvalue weighted by Crippen LogP contribution is 2.28. The maximum atomic E-state index is 13.0. The van der Waals surface area contributed by atoms with Crippen LogP contribution in [0.4, 0.5) is 15.8 Å². The first-order valence-corrected chi connectivity index (χ1v) is 8.04. The molecule has 3 aromatic rings. The van der Waals surface area contributed by atoms with Gasteiger partial charge in [0.1, 0.15) is 17.3 Å². The number of nitrogens with one attached hydrogen (secondary N) is 3. The highest BCUT2D eigenvalue weighted by atomic mass is 19.1. The highest BCUT2D eigenvalue weighted by Gasteiger charge is 2.13. The second kappa shape index (κ2) is 7.69. The van der Waals surface area contributed by atoms with Crippen molar-refractivity contribution >= 4 is 23.2 Å². The SMILES string of the molecule is COc1cc(NC(=O)c2cc(-c3ccc(F)cc3)n[nH]2)ccc1NC(C)=O. The molecule has 0 radical (unpaired) electrons. The van der Waals surface area contributed by atoms with Crippen molar-refractivity contribution in [3.63, 3.8) is 0 Å². The molecule has 0 aliphatic carbocycles. The van der Waals surface area contributed by atoms with E-state index >= 15 is 0 Å². The number of anilines is 2. The van der Waals surface area contributed by atoms with E-state index in [2.05, 4.69) is 20.8 Å². The first kappa shape index (κ1) is 18.1. The normalized spacial score (nSPS) is 10.3. The molecule has 138 valence electrons. The molecule has 3 N–H and O–H groups in total. The van der Waals surface area contributed by atoms with Gasteiger partial charge < -0.3 is 15.4 Å². The van der Waals surface area contributed by atoms with Gasteiger partial charge in [-0.1, -0.05) is 0 Å². The lowest BCUT2D eigenvalue weighted by Crippen LogP contribution is -2.13. The number of benzene rings is 2. The molecule has 7 nitrogen and oxygen atoms in total. The van der Waals surface area contributed by atoms with Gasteiger partial charge in [0.05, 0.1) is 18.5 Å². The number of nitrogens with zero attached hydrogens (tertiary/aromatic N) is 1. The van der Waals surface area contributed by atoms with Crippen LogP contribution >= 0.6 is 0 Å². The Morgan fingerprint density at radius 1 is 1.07 bits per heavy atom. The molecule has 0 aliphatic rings. The Balaban J connectivity index is 1.75. The first-order chi connectivity index (χ1) is 13.0. The van der Waals surface area contributed by atoms with Crippen molar-refractivity contribution in [2.45, 2.75) is 6.92 Å². The summed E-state index contributed by atoms with van der Waals surface area (Å²) in [6.45, 7) is 1.39. The molecule has 0 fully saturated rings. The smallest absolute Gasteiger partial charge is 0.273 e. The molecule has 0 bridgehead atoms. The third-order valence-electron chi connectivity index (χ3n) is 3.73. The zero-order valence-electron chi connectivity index (χ0n) is 14.7. The van der Waals surface area contributed by atoms with Gasteiger partial charge in [0, 0.05) is 24.2 Å². The van der Waals surface area contributed by atoms with Crippen LogP contribution in [0.15, 0.2) is 48.5 Å². The predicted molar refractivity (Wildman–Crippen MR) is 99.2 cm³/mol. The monoisotopic (exact) mass is 368 g/mol. The summed E-state index contributed by atoms with van der Waals surface area (Å²) >= 11 is 0. The van der Waals surface area contributed by atoms with Crippen molar-refractivity contribution in [2.75, 3.05) is 17.7 Å². The Labute approximate surface area is 154 Å². The molecule has 0 spiro atoms. The first-order valence-electron chi connectivity index (χ1n) is 8.04. The van der Waals surface area contributed by atoms with E-state index in [9.17, 15) is 14.0 Å². The van der Waals surface area contributed by atoms with Gasteiger partial charge in [0.15, 0.2) is 0 Å². The van der Waals surface area contributed by atoms with Crippen LogP contribution in [0.1, 0.15) is 17.4 Å². The van der Waals surface area contributed by atoms with E-state index in [-0.39, 0.29) is 17.4 Å². The number of H-pyrrole nitrogens is 1. The fourth-order valence-corrected chi connectivity index (χ4v) is 2.47. The molecule has 1 heterocycles. The number of halogens is 1. The maximum absolute atomic E-state index is 13.0. The lowest BCUT2D eigenvalue weighted by molar-refractivity contribution is -0.114. The van der Waals surface area contributed by atoms with E-state index < -0.39 is 5.91 Å². The van der Waals surface area contributed by atoms with E-state index in [0.29, 0.717) is 28.4 Å². The third kappa shape index (κ3) is 4.30. The molecule has 8 heteroatoms. The highest BCUT2D eigenvalue weighted by molar-refractivity contribution is 6.04. The Morgan fingerprint density at radius 2 is 1.81 bits per heavy atom. The summed E-state index contributed by atoms with van der Waals surface area (Å²) in [5, 5.41) is 12.1. The van der Waals surface area contributed by atoms with Crippen molar-refractivity contribution < 1.29 is 18.7 Å². The molecule has 27 heavy (non-hydrogen) atoms. The van der Waals surface area contributed by atoms with Gasteiger partial charge in [-0.15, -0.1) is 0 Å². The number of aromatic nitrogens is 2. The van der Waals surface area contributed by atoms with E-state index in [1.807, 2.05) is 0 Å². The molecule has 0 saturated heterocycles. The van der Waals surface area contributed by atoms with Gasteiger partial charge in [0.25, 0.3) is 5.91 Å². The van der Waals surface area contributed by atoms with Crippen molar-refractivity contribution in [2.24, 2.45) is 0 Å². The van der Waals surface area contributed by atoms with Gasteiger partial charge in [-0.3, -0.25) is 14.7 Å². The lowest BCUT2D eigenvalue weighted by Gasteiger charge is -2.11. The van der Waals surface area contributed by atoms with Crippen LogP contribution < -0.4 is 15.4 Å². The predicted octanol–water partition coefficient (Wildman–Crippen LogP) is 3.44. The average molecular weight is 368 g/mol. The summed E-state index contributed by atoms with van der Waals surface area (Å²) < 4.78 is 18.2. The van der Waals surface area contributed by atoms with Crippen LogP contribution in [0.3, 0.4) is 0 Å². The number of carbonyl (C=O) groups excluding carboxylic acids is 2. The summed E-state index contributed by atoms with van der Waals surface area (Å²) in [5.41, 5.74) is 2.46. The fraction of sp³-hybridized carbons (Fsp3) is 0.105. The van der Waals surface area contributed by atoms with Crippen LogP contribution in [-0.4, -0.2) is 29.1 Å². The molecular weight excluding hydrogens is 351 g/mol. The van der Waals surface area contributed by atoms with Crippen LogP contribution in [0.25, 0.3) is 11.3 Å². The average Bonchev–Trinajstić information content (AvgIpc) is 3.13. The molecule has 0 aliphatic heterocycles. The van der Waals surface area contributed by atoms with E-state index in [4.69, 9.17) is 4.74 Å². The Kier molecular flexibility index (Phi) is 5.16. The van der Waals surface area contributed by atoms with Crippen LogP contribution in [-0.2, 0) is 4.79 Å². The standard InChI is InChI=1S/C19H17FN4O3/c1-11(25)21-15-8-7-14(9-18(15)27-2)22-19(26)17-10-16(23-24-17)12-3-5-13(20)6-4-12/h3-10H,1-2H3,(H,21,25)(H,22,26)(H,23,24). The van der Waals surface area contributed by atoms with Crippen LogP contribution in [0, 0.1) is 5.82 Å². The minimum Gasteiger partial charge on any atom is -0.494 e. The summed E-state index contributed by atoms with van der Waals surface area (Å²) in [6, 6.07) is 12.3. The number of ether oxygens (including phenoxy) is 1.